The number of carboxylic acids is 2. The molecule has 0 aromatic rings. The van der Waals surface area contributed by atoms with Gasteiger partial charge in [-0.3, -0.25) is 9.28 Å². The smallest absolute Gasteiger partial charge is 0.362 e. The van der Waals surface area contributed by atoms with E-state index in [1.807, 2.05) is 0 Å². The van der Waals surface area contributed by atoms with Crippen molar-refractivity contribution >= 4 is 17.8 Å². The van der Waals surface area contributed by atoms with E-state index in [0.717, 1.165) is 19.3 Å². The van der Waals surface area contributed by atoms with Gasteiger partial charge in [-0.15, -0.1) is 0 Å². The summed E-state index contributed by atoms with van der Waals surface area (Å²) in [6, 6.07) is -2.06. The lowest BCUT2D eigenvalue weighted by Crippen LogP contribution is -2.67. The zero-order chi connectivity index (χ0) is 19.5. The number of nitrogens with one attached hydrogen (secondary N) is 1. The Kier molecular flexibility index (Phi) is 10.7. The number of carbonyl (C=O) groups is 3. The van der Waals surface area contributed by atoms with Crippen LogP contribution in [0.2, 0.25) is 0 Å². The molecule has 0 bridgehead atoms. The van der Waals surface area contributed by atoms with E-state index in [9.17, 15) is 29.7 Å². The van der Waals surface area contributed by atoms with Crippen molar-refractivity contribution < 1.29 is 34.2 Å². The van der Waals surface area contributed by atoms with Gasteiger partial charge < -0.3 is 20.6 Å². The molecule has 0 heterocycles. The third-order valence-electron chi connectivity index (χ3n) is 4.59. The largest absolute Gasteiger partial charge is 0.477 e. The number of amides is 1. The highest BCUT2D eigenvalue weighted by molar-refractivity contribution is 5.87. The summed E-state index contributed by atoms with van der Waals surface area (Å²) in [7, 11) is 0. The van der Waals surface area contributed by atoms with Crippen LogP contribution in [0.5, 0.6) is 0 Å². The van der Waals surface area contributed by atoms with Gasteiger partial charge in [0.2, 0.25) is 5.91 Å². The predicted octanol–water partition coefficient (Wildman–Crippen LogP) is 0.604. The van der Waals surface area contributed by atoms with Gasteiger partial charge in [0.1, 0.15) is 6.54 Å². The minimum absolute atomic E-state index is 0.0247. The first kappa shape index (κ1) is 23.1. The minimum atomic E-state index is -1.15. The molecule has 0 aliphatic carbocycles. The van der Waals surface area contributed by atoms with Crippen LogP contribution in [-0.2, 0) is 14.4 Å². The molecular weight excluding hydrogens is 328 g/mol. The molecule has 2 atom stereocenters. The lowest BCUT2D eigenvalue weighted by molar-refractivity contribution is -0.954. The van der Waals surface area contributed by atoms with E-state index in [-0.39, 0.29) is 36.6 Å². The number of aliphatic hydroxyl groups is 1. The van der Waals surface area contributed by atoms with Gasteiger partial charge >= 0.3 is 11.9 Å². The van der Waals surface area contributed by atoms with Crippen molar-refractivity contribution in [3.63, 3.8) is 0 Å². The van der Waals surface area contributed by atoms with E-state index in [1.165, 1.54) is 19.9 Å². The highest BCUT2D eigenvalue weighted by Crippen LogP contribution is 2.20. The van der Waals surface area contributed by atoms with Crippen LogP contribution in [-0.4, -0.2) is 76.0 Å². The Morgan fingerprint density at radius 1 is 1.08 bits per heavy atom. The Hall–Kier alpha value is -1.93. The number of carbonyl (C=O) groups excluding carboxylic acids is 1. The summed E-state index contributed by atoms with van der Waals surface area (Å²) >= 11 is 0. The second kappa shape index (κ2) is 11.6. The first-order valence-electron chi connectivity index (χ1n) is 8.60. The van der Waals surface area contributed by atoms with Crippen molar-refractivity contribution in [1.82, 2.24) is 5.32 Å². The molecule has 8 nitrogen and oxygen atoms in total. The summed E-state index contributed by atoms with van der Waals surface area (Å²) in [5, 5.41) is 30.7. The van der Waals surface area contributed by atoms with Crippen LogP contribution < -0.4 is 5.32 Å². The summed E-state index contributed by atoms with van der Waals surface area (Å²) in [5.41, 5.74) is 0. The molecule has 0 saturated carbocycles. The lowest BCUT2D eigenvalue weighted by Gasteiger charge is -2.44. The fourth-order valence-corrected chi connectivity index (χ4v) is 2.81. The normalized spacial score (nSPS) is 16.2. The van der Waals surface area contributed by atoms with Gasteiger partial charge in [-0.05, 0) is 26.3 Å². The quantitative estimate of drug-likeness (QED) is 0.217. The third kappa shape index (κ3) is 7.23. The number of unbranched alkanes of at least 4 members (excludes halogenated alkanes) is 2. The molecule has 0 aliphatic rings. The average molecular weight is 359 g/mol. The predicted molar refractivity (Wildman–Crippen MR) is 93.0 cm³/mol. The van der Waals surface area contributed by atoms with Gasteiger partial charge in [-0.25, -0.2) is 9.59 Å². The fraction of sp³-hybridized carbons (Fsp3) is 0.706. The molecule has 1 amide bonds. The van der Waals surface area contributed by atoms with Gasteiger partial charge in [0, 0.05) is 0 Å². The number of aliphatic carboxylic acids is 2. The van der Waals surface area contributed by atoms with Gasteiger partial charge in [0.25, 0.3) is 0 Å². The molecule has 0 radical (unpaired) electrons. The maximum atomic E-state index is 11.8. The highest BCUT2D eigenvalue weighted by atomic mass is 16.4. The number of carboxylic acid groups (broad SMARTS) is 2. The second-order valence-electron chi connectivity index (χ2n) is 6.14. The first-order valence-corrected chi connectivity index (χ1v) is 8.60. The average Bonchev–Trinajstić information content (AvgIpc) is 2.56. The SMILES string of the molecule is CCCC/C=C/C(=O)NCC[N+](CCO)(C(C)C(=O)O)C(C)C(=O)O. The molecule has 25 heavy (non-hydrogen) atoms. The van der Waals surface area contributed by atoms with Crippen molar-refractivity contribution in [3.05, 3.63) is 12.2 Å². The number of rotatable bonds is 13. The zero-order valence-corrected chi connectivity index (χ0v) is 15.3. The standard InChI is InChI=1S/C17H30N2O6/c1-4-5-6-7-8-15(21)18-9-10-19(11-12-20,13(2)16(22)23)14(3)17(24)25/h7-8,13-14,20H,4-6,9-12H2,1-3H3,(H2-,18,21,22,23,24,25)/p+1/b8-7+. The Morgan fingerprint density at radius 2 is 1.64 bits per heavy atom. The molecule has 8 heteroatoms. The van der Waals surface area contributed by atoms with Crippen LogP contribution in [0.3, 0.4) is 0 Å². The topological polar surface area (TPSA) is 124 Å². The maximum Gasteiger partial charge on any atom is 0.362 e. The monoisotopic (exact) mass is 359 g/mol. The number of hydrogen-bond donors (Lipinski definition) is 4. The molecule has 0 spiro atoms. The molecule has 4 N–H and O–H groups in total. The Labute approximate surface area is 148 Å². The number of nitrogens with zero attached hydrogens (tertiary/aromatic N) is 1. The van der Waals surface area contributed by atoms with Crippen molar-refractivity contribution in [3.8, 4) is 0 Å². The van der Waals surface area contributed by atoms with Crippen LogP contribution >= 0.6 is 0 Å². The van der Waals surface area contributed by atoms with E-state index < -0.39 is 24.0 Å². The molecule has 0 rings (SSSR count). The van der Waals surface area contributed by atoms with Crippen LogP contribution in [0.1, 0.15) is 40.0 Å². The van der Waals surface area contributed by atoms with Gasteiger partial charge in [-0.2, -0.15) is 0 Å². The van der Waals surface area contributed by atoms with E-state index in [2.05, 4.69) is 12.2 Å². The molecule has 2 unspecified atom stereocenters. The van der Waals surface area contributed by atoms with Gasteiger partial charge in [0.05, 0.1) is 19.7 Å². The number of allylic oxidation sites excluding steroid dienone is 1. The molecule has 0 aromatic heterocycles. The van der Waals surface area contributed by atoms with Crippen molar-refractivity contribution in [2.24, 2.45) is 0 Å². The summed E-state index contributed by atoms with van der Waals surface area (Å²) in [6.07, 6.45) is 6.03. The molecule has 0 fully saturated rings. The molecule has 144 valence electrons. The van der Waals surface area contributed by atoms with E-state index in [4.69, 9.17) is 0 Å². The molecule has 0 aliphatic heterocycles. The molecular formula is C17H31N2O6+. The van der Waals surface area contributed by atoms with Crippen LogP contribution in [0.25, 0.3) is 0 Å². The van der Waals surface area contributed by atoms with Crippen molar-refractivity contribution in [2.45, 2.75) is 52.1 Å². The third-order valence-corrected chi connectivity index (χ3v) is 4.59. The maximum absolute atomic E-state index is 11.8. The fourth-order valence-electron chi connectivity index (χ4n) is 2.81. The Morgan fingerprint density at radius 3 is 2.08 bits per heavy atom. The van der Waals surface area contributed by atoms with Gasteiger partial charge in [0.15, 0.2) is 12.1 Å². The van der Waals surface area contributed by atoms with E-state index in [1.54, 1.807) is 6.08 Å². The van der Waals surface area contributed by atoms with Crippen molar-refractivity contribution in [1.29, 1.82) is 0 Å². The summed E-state index contributed by atoms with van der Waals surface area (Å²) < 4.78 is -0.346. The van der Waals surface area contributed by atoms with E-state index in [0.29, 0.717) is 0 Å². The van der Waals surface area contributed by atoms with Gasteiger partial charge in [-0.1, -0.05) is 25.8 Å². The highest BCUT2D eigenvalue weighted by Gasteiger charge is 2.46. The van der Waals surface area contributed by atoms with Crippen LogP contribution in [0.4, 0.5) is 0 Å². The Bertz CT molecular complexity index is 458. The molecule has 0 saturated heterocycles. The number of aliphatic hydroxyl groups excluding tert-OH is 1. The zero-order valence-electron chi connectivity index (χ0n) is 15.3. The van der Waals surface area contributed by atoms with Crippen molar-refractivity contribution in [2.75, 3.05) is 26.2 Å². The Balaban J connectivity index is 5.05. The van der Waals surface area contributed by atoms with Crippen LogP contribution in [0.15, 0.2) is 12.2 Å². The van der Waals surface area contributed by atoms with E-state index >= 15 is 0 Å². The second-order valence-corrected chi connectivity index (χ2v) is 6.14. The summed E-state index contributed by atoms with van der Waals surface area (Å²) in [5.74, 6) is -2.59. The first-order chi connectivity index (χ1) is 11.7. The number of quaternary nitrogens is 1. The lowest BCUT2D eigenvalue weighted by atomic mass is 10.1. The summed E-state index contributed by atoms with van der Waals surface area (Å²) in [4.78, 5) is 34.7. The molecule has 0 aromatic carbocycles. The number of hydrogen-bond acceptors (Lipinski definition) is 4. The van der Waals surface area contributed by atoms with Crippen LogP contribution in [0, 0.1) is 0 Å². The minimum Gasteiger partial charge on any atom is -0.477 e. The summed E-state index contributed by atoms with van der Waals surface area (Å²) in [6.45, 7) is 4.74.